The Morgan fingerprint density at radius 1 is 1.00 bits per heavy atom. The number of benzene rings is 2. The fourth-order valence-electron chi connectivity index (χ4n) is 1.89. The Hall–Kier alpha value is -1.52. The minimum Gasteiger partial charge on any atom is -0.508 e. The second-order valence-corrected chi connectivity index (χ2v) is 6.74. The zero-order valence-electron chi connectivity index (χ0n) is 9.97. The predicted octanol–water partition coefficient (Wildman–Crippen LogP) is 4.95. The third-order valence-electron chi connectivity index (χ3n) is 2.81. The Morgan fingerprint density at radius 2 is 1.84 bits per heavy atom. The number of hydrogen-bond donors (Lipinski definition) is 1. The van der Waals surface area contributed by atoms with E-state index in [2.05, 4.69) is 15.9 Å². The zero-order valence-corrected chi connectivity index (χ0v) is 12.4. The average molecular weight is 335 g/mol. The van der Waals surface area contributed by atoms with Crippen LogP contribution in [-0.4, -0.2) is 5.11 Å². The summed E-state index contributed by atoms with van der Waals surface area (Å²) < 4.78 is 6.87. The molecule has 0 unspecified atom stereocenters. The summed E-state index contributed by atoms with van der Waals surface area (Å²) in [6, 6.07) is 15.3. The number of hydrogen-bond acceptors (Lipinski definition) is 3. The van der Waals surface area contributed by atoms with Crippen molar-refractivity contribution in [2.45, 2.75) is 6.61 Å². The first-order chi connectivity index (χ1) is 9.20. The van der Waals surface area contributed by atoms with Crippen LogP contribution in [0.2, 0.25) is 0 Å². The lowest BCUT2D eigenvalue weighted by atomic mass is 10.1. The van der Waals surface area contributed by atoms with Crippen molar-refractivity contribution in [2.75, 3.05) is 0 Å². The van der Waals surface area contributed by atoms with Crippen molar-refractivity contribution in [3.05, 3.63) is 57.2 Å². The molecule has 0 aliphatic carbocycles. The van der Waals surface area contributed by atoms with Crippen molar-refractivity contribution in [1.82, 2.24) is 0 Å². The third-order valence-corrected chi connectivity index (χ3v) is 4.40. The quantitative estimate of drug-likeness (QED) is 0.734. The SMILES string of the molecule is Oc1ccc2ccc(OCc3ccc(Br)s3)cc2c1. The van der Waals surface area contributed by atoms with Crippen LogP contribution in [0.25, 0.3) is 10.8 Å². The normalized spacial score (nSPS) is 10.8. The van der Waals surface area contributed by atoms with Gasteiger partial charge in [-0.3, -0.25) is 0 Å². The van der Waals surface area contributed by atoms with Crippen LogP contribution in [0.1, 0.15) is 4.88 Å². The molecule has 4 heteroatoms. The number of rotatable bonds is 3. The molecular formula is C15H11BrO2S. The molecule has 0 aliphatic heterocycles. The van der Waals surface area contributed by atoms with E-state index in [-0.39, 0.29) is 5.75 Å². The molecule has 0 saturated heterocycles. The van der Waals surface area contributed by atoms with E-state index in [1.165, 1.54) is 4.88 Å². The van der Waals surface area contributed by atoms with Gasteiger partial charge in [-0.05, 0) is 63.1 Å². The van der Waals surface area contributed by atoms with Gasteiger partial charge in [0.25, 0.3) is 0 Å². The van der Waals surface area contributed by atoms with E-state index >= 15 is 0 Å². The van der Waals surface area contributed by atoms with E-state index in [0.717, 1.165) is 20.3 Å². The Morgan fingerprint density at radius 3 is 2.63 bits per heavy atom. The largest absolute Gasteiger partial charge is 0.508 e. The molecule has 19 heavy (non-hydrogen) atoms. The number of fused-ring (bicyclic) bond motifs is 1. The second-order valence-electron chi connectivity index (χ2n) is 4.19. The summed E-state index contributed by atoms with van der Waals surface area (Å²) in [4.78, 5) is 1.17. The van der Waals surface area contributed by atoms with Gasteiger partial charge in [-0.1, -0.05) is 12.1 Å². The van der Waals surface area contributed by atoms with Crippen LogP contribution in [0.15, 0.2) is 52.3 Å². The van der Waals surface area contributed by atoms with Gasteiger partial charge in [0.2, 0.25) is 0 Å². The molecule has 1 heterocycles. The fraction of sp³-hybridized carbons (Fsp3) is 0.0667. The Labute approximate surface area is 123 Å². The van der Waals surface area contributed by atoms with Gasteiger partial charge in [-0.15, -0.1) is 11.3 Å². The Balaban J connectivity index is 1.81. The highest BCUT2D eigenvalue weighted by Gasteiger charge is 2.01. The standard InChI is InChI=1S/C15H11BrO2S/c16-15-6-5-14(19-15)9-18-13-4-2-10-1-3-12(17)7-11(10)8-13/h1-8,17H,9H2. The highest BCUT2D eigenvalue weighted by molar-refractivity contribution is 9.11. The highest BCUT2D eigenvalue weighted by atomic mass is 79.9. The number of phenols is 1. The van der Waals surface area contributed by atoms with Crippen LogP contribution in [0.3, 0.4) is 0 Å². The van der Waals surface area contributed by atoms with Gasteiger partial charge >= 0.3 is 0 Å². The summed E-state index contributed by atoms with van der Waals surface area (Å²) >= 11 is 5.10. The van der Waals surface area contributed by atoms with Crippen molar-refractivity contribution >= 4 is 38.0 Å². The van der Waals surface area contributed by atoms with E-state index < -0.39 is 0 Å². The molecule has 1 N–H and O–H groups in total. The topological polar surface area (TPSA) is 29.5 Å². The lowest BCUT2D eigenvalue weighted by Crippen LogP contribution is -1.92. The molecule has 0 amide bonds. The number of aromatic hydroxyl groups is 1. The average Bonchev–Trinajstić information content (AvgIpc) is 2.81. The van der Waals surface area contributed by atoms with Crippen molar-refractivity contribution in [3.63, 3.8) is 0 Å². The minimum absolute atomic E-state index is 0.270. The third kappa shape index (κ3) is 2.91. The smallest absolute Gasteiger partial charge is 0.122 e. The molecule has 3 rings (SSSR count). The molecule has 0 atom stereocenters. The molecule has 0 bridgehead atoms. The van der Waals surface area contributed by atoms with Gasteiger partial charge < -0.3 is 9.84 Å². The number of thiophene rings is 1. The summed E-state index contributed by atoms with van der Waals surface area (Å²) in [7, 11) is 0. The van der Waals surface area contributed by atoms with Crippen LogP contribution < -0.4 is 4.74 Å². The molecule has 0 saturated carbocycles. The summed E-state index contributed by atoms with van der Waals surface area (Å²) in [5.41, 5.74) is 0. The van der Waals surface area contributed by atoms with Gasteiger partial charge in [-0.25, -0.2) is 0 Å². The molecule has 1 aromatic heterocycles. The lowest BCUT2D eigenvalue weighted by Gasteiger charge is -2.06. The van der Waals surface area contributed by atoms with Crippen LogP contribution in [0.5, 0.6) is 11.5 Å². The van der Waals surface area contributed by atoms with E-state index in [1.807, 2.05) is 36.4 Å². The maximum atomic E-state index is 9.49. The number of phenolic OH excluding ortho intramolecular Hbond substituents is 1. The summed E-state index contributed by atoms with van der Waals surface area (Å²) in [6.07, 6.45) is 0. The maximum Gasteiger partial charge on any atom is 0.122 e. The van der Waals surface area contributed by atoms with Crippen LogP contribution in [-0.2, 0) is 6.61 Å². The molecular weight excluding hydrogens is 324 g/mol. The van der Waals surface area contributed by atoms with E-state index in [4.69, 9.17) is 4.74 Å². The van der Waals surface area contributed by atoms with Gasteiger partial charge in [0.1, 0.15) is 18.1 Å². The number of halogens is 1. The molecule has 2 nitrogen and oxygen atoms in total. The first-order valence-electron chi connectivity index (χ1n) is 5.80. The van der Waals surface area contributed by atoms with E-state index in [9.17, 15) is 5.11 Å². The summed E-state index contributed by atoms with van der Waals surface area (Å²) in [5, 5.41) is 11.6. The van der Waals surface area contributed by atoms with Gasteiger partial charge in [-0.2, -0.15) is 0 Å². The fourth-order valence-corrected chi connectivity index (χ4v) is 3.28. The van der Waals surface area contributed by atoms with Gasteiger partial charge in [0.15, 0.2) is 0 Å². The van der Waals surface area contributed by atoms with Gasteiger partial charge in [0.05, 0.1) is 3.79 Å². The lowest BCUT2D eigenvalue weighted by molar-refractivity contribution is 0.310. The molecule has 3 aromatic rings. The van der Waals surface area contributed by atoms with Crippen LogP contribution in [0.4, 0.5) is 0 Å². The highest BCUT2D eigenvalue weighted by Crippen LogP contribution is 2.26. The maximum absolute atomic E-state index is 9.49. The molecule has 0 aliphatic rings. The van der Waals surface area contributed by atoms with Crippen LogP contribution in [0, 0.1) is 0 Å². The molecule has 96 valence electrons. The first kappa shape index (κ1) is 12.5. The summed E-state index contributed by atoms with van der Waals surface area (Å²) in [5.74, 6) is 1.08. The Bertz CT molecular complexity index is 721. The predicted molar refractivity (Wildman–Crippen MR) is 82.0 cm³/mol. The van der Waals surface area contributed by atoms with Crippen molar-refractivity contribution in [3.8, 4) is 11.5 Å². The first-order valence-corrected chi connectivity index (χ1v) is 7.41. The Kier molecular flexibility index (Phi) is 3.44. The molecule has 0 radical (unpaired) electrons. The van der Waals surface area contributed by atoms with E-state index in [1.54, 1.807) is 23.5 Å². The number of ether oxygens (including phenoxy) is 1. The monoisotopic (exact) mass is 334 g/mol. The second kappa shape index (κ2) is 5.23. The van der Waals surface area contributed by atoms with Crippen molar-refractivity contribution in [1.29, 1.82) is 0 Å². The van der Waals surface area contributed by atoms with Crippen molar-refractivity contribution < 1.29 is 9.84 Å². The van der Waals surface area contributed by atoms with Gasteiger partial charge in [0, 0.05) is 4.88 Å². The minimum atomic E-state index is 0.270. The summed E-state index contributed by atoms with van der Waals surface area (Å²) in [6.45, 7) is 0.556. The molecule has 0 spiro atoms. The molecule has 2 aromatic carbocycles. The molecule has 0 fully saturated rings. The van der Waals surface area contributed by atoms with Crippen LogP contribution >= 0.6 is 27.3 Å². The van der Waals surface area contributed by atoms with Crippen molar-refractivity contribution in [2.24, 2.45) is 0 Å². The zero-order chi connectivity index (χ0) is 13.2. The van der Waals surface area contributed by atoms with E-state index in [0.29, 0.717) is 6.61 Å².